The smallest absolute Gasteiger partial charge is 0.126 e. The second-order valence-electron chi connectivity index (χ2n) is 4.64. The molecule has 0 amide bonds. The molecule has 0 aromatic heterocycles. The fourth-order valence-electron chi connectivity index (χ4n) is 1.86. The van der Waals surface area contributed by atoms with Gasteiger partial charge >= 0.3 is 0 Å². The zero-order valence-electron chi connectivity index (χ0n) is 11.8. The number of nitrogens with one attached hydrogen (secondary N) is 1. The van der Waals surface area contributed by atoms with Crippen LogP contribution in [0.2, 0.25) is 0 Å². The third-order valence-electron chi connectivity index (χ3n) is 2.95. The first-order valence-corrected chi connectivity index (χ1v) is 6.95. The highest BCUT2D eigenvalue weighted by molar-refractivity contribution is 5.36. The SMILES string of the molecule is CCCNC(C)c1ccc(F)cc1OCCCCO. The van der Waals surface area contributed by atoms with Crippen LogP contribution >= 0.6 is 0 Å². The minimum absolute atomic E-state index is 0.133. The first kappa shape index (κ1) is 15.9. The van der Waals surface area contributed by atoms with Crippen molar-refractivity contribution in [1.29, 1.82) is 0 Å². The number of benzene rings is 1. The van der Waals surface area contributed by atoms with Crippen molar-refractivity contribution in [3.63, 3.8) is 0 Å². The molecule has 0 aliphatic heterocycles. The number of hydrogen-bond acceptors (Lipinski definition) is 3. The average Bonchev–Trinajstić information content (AvgIpc) is 2.41. The van der Waals surface area contributed by atoms with E-state index in [-0.39, 0.29) is 18.5 Å². The normalized spacial score (nSPS) is 12.4. The van der Waals surface area contributed by atoms with Crippen LogP contribution in [0.15, 0.2) is 18.2 Å². The Bertz CT molecular complexity index is 371. The highest BCUT2D eigenvalue weighted by atomic mass is 19.1. The van der Waals surface area contributed by atoms with Crippen LogP contribution in [0.25, 0.3) is 0 Å². The van der Waals surface area contributed by atoms with Gasteiger partial charge < -0.3 is 15.2 Å². The van der Waals surface area contributed by atoms with E-state index in [0.717, 1.165) is 24.9 Å². The Hall–Kier alpha value is -1.13. The fourth-order valence-corrected chi connectivity index (χ4v) is 1.86. The van der Waals surface area contributed by atoms with Crippen molar-refractivity contribution in [3.8, 4) is 5.75 Å². The average molecular weight is 269 g/mol. The fraction of sp³-hybridized carbons (Fsp3) is 0.600. The summed E-state index contributed by atoms with van der Waals surface area (Å²) in [7, 11) is 0. The van der Waals surface area contributed by atoms with Crippen molar-refractivity contribution in [2.24, 2.45) is 0 Å². The molecule has 19 heavy (non-hydrogen) atoms. The maximum Gasteiger partial charge on any atom is 0.126 e. The first-order chi connectivity index (χ1) is 9.19. The summed E-state index contributed by atoms with van der Waals surface area (Å²) in [4.78, 5) is 0. The van der Waals surface area contributed by atoms with E-state index in [9.17, 15) is 4.39 Å². The van der Waals surface area contributed by atoms with Gasteiger partial charge in [-0.05, 0) is 38.8 Å². The van der Waals surface area contributed by atoms with Crippen LogP contribution in [-0.4, -0.2) is 24.9 Å². The molecule has 0 radical (unpaired) electrons. The molecule has 0 heterocycles. The molecule has 2 N–H and O–H groups in total. The number of unbranched alkanes of at least 4 members (excludes halogenated alkanes) is 1. The molecule has 0 aliphatic rings. The summed E-state index contributed by atoms with van der Waals surface area (Å²) < 4.78 is 18.9. The van der Waals surface area contributed by atoms with Gasteiger partial charge in [-0.3, -0.25) is 0 Å². The van der Waals surface area contributed by atoms with E-state index in [0.29, 0.717) is 18.8 Å². The summed E-state index contributed by atoms with van der Waals surface area (Å²) in [6.45, 7) is 5.73. The van der Waals surface area contributed by atoms with Gasteiger partial charge in [0, 0.05) is 24.3 Å². The molecule has 1 aromatic carbocycles. The largest absolute Gasteiger partial charge is 0.493 e. The van der Waals surface area contributed by atoms with Gasteiger partial charge in [0.2, 0.25) is 0 Å². The molecule has 4 heteroatoms. The van der Waals surface area contributed by atoms with Crippen LogP contribution in [0.5, 0.6) is 5.75 Å². The van der Waals surface area contributed by atoms with Crippen molar-refractivity contribution in [2.75, 3.05) is 19.8 Å². The maximum absolute atomic E-state index is 13.3. The Labute approximate surface area is 114 Å². The molecule has 0 aliphatic carbocycles. The van der Waals surface area contributed by atoms with Crippen molar-refractivity contribution in [2.45, 2.75) is 39.2 Å². The van der Waals surface area contributed by atoms with E-state index >= 15 is 0 Å². The van der Waals surface area contributed by atoms with Gasteiger partial charge in [-0.25, -0.2) is 4.39 Å². The van der Waals surface area contributed by atoms with E-state index in [1.807, 2.05) is 6.92 Å². The van der Waals surface area contributed by atoms with Gasteiger partial charge in [-0.2, -0.15) is 0 Å². The van der Waals surface area contributed by atoms with E-state index in [4.69, 9.17) is 9.84 Å². The monoisotopic (exact) mass is 269 g/mol. The second-order valence-corrected chi connectivity index (χ2v) is 4.64. The molecule has 1 atom stereocenters. The van der Waals surface area contributed by atoms with Crippen LogP contribution in [0.4, 0.5) is 4.39 Å². The summed E-state index contributed by atoms with van der Waals surface area (Å²) in [5.41, 5.74) is 0.971. The summed E-state index contributed by atoms with van der Waals surface area (Å²) in [5, 5.41) is 12.1. The van der Waals surface area contributed by atoms with E-state index < -0.39 is 0 Å². The first-order valence-electron chi connectivity index (χ1n) is 6.95. The summed E-state index contributed by atoms with van der Waals surface area (Å²) in [5.74, 6) is 0.303. The lowest BCUT2D eigenvalue weighted by molar-refractivity contribution is 0.251. The van der Waals surface area contributed by atoms with E-state index in [2.05, 4.69) is 12.2 Å². The van der Waals surface area contributed by atoms with Gasteiger partial charge in [0.05, 0.1) is 6.61 Å². The standard InChI is InChI=1S/C15H24FNO2/c1-3-8-17-12(2)14-7-6-13(16)11-15(14)19-10-5-4-9-18/h6-7,11-12,17-18H,3-5,8-10H2,1-2H3. The number of aliphatic hydroxyl groups is 1. The lowest BCUT2D eigenvalue weighted by Crippen LogP contribution is -2.20. The Kier molecular flexibility index (Phi) is 7.45. The Morgan fingerprint density at radius 2 is 2.16 bits per heavy atom. The van der Waals surface area contributed by atoms with Crippen LogP contribution < -0.4 is 10.1 Å². The molecule has 3 nitrogen and oxygen atoms in total. The molecule has 0 saturated heterocycles. The van der Waals surface area contributed by atoms with Crippen molar-refractivity contribution >= 4 is 0 Å². The molecular formula is C15H24FNO2. The topological polar surface area (TPSA) is 41.5 Å². The molecule has 0 bridgehead atoms. The Morgan fingerprint density at radius 3 is 2.84 bits per heavy atom. The molecule has 1 unspecified atom stereocenters. The van der Waals surface area contributed by atoms with Crippen LogP contribution in [-0.2, 0) is 0 Å². The van der Waals surface area contributed by atoms with E-state index in [1.54, 1.807) is 6.07 Å². The molecule has 0 fully saturated rings. The maximum atomic E-state index is 13.3. The predicted molar refractivity (Wildman–Crippen MR) is 74.9 cm³/mol. The number of rotatable bonds is 9. The third-order valence-corrected chi connectivity index (χ3v) is 2.95. The molecular weight excluding hydrogens is 245 g/mol. The van der Waals surface area contributed by atoms with Crippen LogP contribution in [0.1, 0.15) is 44.7 Å². The molecule has 1 rings (SSSR count). The van der Waals surface area contributed by atoms with Gasteiger partial charge in [0.25, 0.3) is 0 Å². The molecule has 1 aromatic rings. The third kappa shape index (κ3) is 5.57. The lowest BCUT2D eigenvalue weighted by atomic mass is 10.1. The van der Waals surface area contributed by atoms with Gasteiger partial charge in [-0.15, -0.1) is 0 Å². The van der Waals surface area contributed by atoms with Crippen LogP contribution in [0.3, 0.4) is 0 Å². The molecule has 0 spiro atoms. The minimum atomic E-state index is -0.288. The zero-order chi connectivity index (χ0) is 14.1. The summed E-state index contributed by atoms with van der Waals surface area (Å²) in [6, 6.07) is 4.79. The molecule has 0 saturated carbocycles. The highest BCUT2D eigenvalue weighted by Crippen LogP contribution is 2.26. The summed E-state index contributed by atoms with van der Waals surface area (Å²) >= 11 is 0. The van der Waals surface area contributed by atoms with Gasteiger partial charge in [0.15, 0.2) is 0 Å². The highest BCUT2D eigenvalue weighted by Gasteiger charge is 2.12. The Morgan fingerprint density at radius 1 is 1.37 bits per heavy atom. The minimum Gasteiger partial charge on any atom is -0.493 e. The Balaban J connectivity index is 2.67. The van der Waals surface area contributed by atoms with Crippen molar-refractivity contribution in [1.82, 2.24) is 5.32 Å². The van der Waals surface area contributed by atoms with Crippen molar-refractivity contribution < 1.29 is 14.2 Å². The van der Waals surface area contributed by atoms with Gasteiger partial charge in [0.1, 0.15) is 11.6 Å². The number of hydrogen-bond donors (Lipinski definition) is 2. The number of aliphatic hydroxyl groups excluding tert-OH is 1. The predicted octanol–water partition coefficient (Wildman–Crippen LogP) is 3.04. The van der Waals surface area contributed by atoms with Crippen molar-refractivity contribution in [3.05, 3.63) is 29.6 Å². The lowest BCUT2D eigenvalue weighted by Gasteiger charge is -2.18. The number of ether oxygens (including phenoxy) is 1. The molecule has 108 valence electrons. The quantitative estimate of drug-likeness (QED) is 0.677. The number of halogens is 1. The van der Waals surface area contributed by atoms with Gasteiger partial charge in [-0.1, -0.05) is 13.0 Å². The zero-order valence-corrected chi connectivity index (χ0v) is 11.8. The second kappa shape index (κ2) is 8.88. The van der Waals surface area contributed by atoms with E-state index in [1.165, 1.54) is 12.1 Å². The van der Waals surface area contributed by atoms with Crippen LogP contribution in [0, 0.1) is 5.82 Å². The summed E-state index contributed by atoms with van der Waals surface area (Å²) in [6.07, 6.45) is 2.52.